The third kappa shape index (κ3) is 9.20. The first kappa shape index (κ1) is 22.2. The average Bonchev–Trinajstić information content (AvgIpc) is 2.58. The highest BCUT2D eigenvalue weighted by atomic mass is 32.2. The summed E-state index contributed by atoms with van der Waals surface area (Å²) in [7, 11) is 1.72. The summed E-state index contributed by atoms with van der Waals surface area (Å²) in [4.78, 5) is 22.3. The van der Waals surface area contributed by atoms with E-state index in [1.165, 1.54) is 28.4 Å². The molecule has 0 bridgehead atoms. The second kappa shape index (κ2) is 12.6. The van der Waals surface area contributed by atoms with Crippen LogP contribution in [-0.2, 0) is 27.9 Å². The Morgan fingerprint density at radius 1 is 1.04 bits per heavy atom. The summed E-state index contributed by atoms with van der Waals surface area (Å²) in [6.07, 6.45) is 1.77. The van der Waals surface area contributed by atoms with E-state index in [0.717, 1.165) is 18.6 Å². The maximum Gasteiger partial charge on any atom is 0.407 e. The van der Waals surface area contributed by atoms with E-state index < -0.39 is 19.5 Å². The van der Waals surface area contributed by atoms with Gasteiger partial charge in [-0.2, -0.15) is 11.8 Å². The average molecular weight is 371 g/mol. The lowest BCUT2D eigenvalue weighted by molar-refractivity contribution is -0.140. The van der Waals surface area contributed by atoms with Crippen molar-refractivity contribution in [1.82, 2.24) is 5.32 Å². The van der Waals surface area contributed by atoms with Gasteiger partial charge in [-0.25, -0.2) is 4.79 Å². The van der Waals surface area contributed by atoms with Gasteiger partial charge >= 0.3 is 19.7 Å². The molecule has 23 heavy (non-hydrogen) atoms. The molecule has 136 valence electrons. The lowest BCUT2D eigenvalue weighted by Gasteiger charge is -2.24. The van der Waals surface area contributed by atoms with Gasteiger partial charge in [0.15, 0.2) is 0 Å². The van der Waals surface area contributed by atoms with Crippen molar-refractivity contribution in [2.75, 3.05) is 39.9 Å². The molecular formula is C13H26NO7PS. The molecule has 1 N–H and O–H groups in total. The number of unbranched alkanes of at least 4 members (excludes halogenated alkanes) is 1. The van der Waals surface area contributed by atoms with Crippen LogP contribution in [0.5, 0.6) is 0 Å². The third-order valence-corrected chi connectivity index (χ3v) is 6.31. The Labute approximate surface area is 141 Å². The van der Waals surface area contributed by atoms with Crippen LogP contribution in [0.25, 0.3) is 0 Å². The number of hydrogen-bond donors (Lipinski definition) is 1. The predicted molar refractivity (Wildman–Crippen MR) is 88.8 cm³/mol. The van der Waals surface area contributed by atoms with Gasteiger partial charge < -0.3 is 23.8 Å². The molecule has 0 fully saturated rings. The summed E-state index contributed by atoms with van der Waals surface area (Å²) in [6, 6.07) is 0. The van der Waals surface area contributed by atoms with Crippen molar-refractivity contribution in [2.24, 2.45) is 0 Å². The summed E-state index contributed by atoms with van der Waals surface area (Å²) in [5.74, 6) is 0.529. The lowest BCUT2D eigenvalue weighted by atomic mass is 10.2. The molecule has 0 rings (SSSR count). The molecule has 1 unspecified atom stereocenters. The fourth-order valence-electron chi connectivity index (χ4n) is 1.71. The number of amides is 1. The molecule has 0 aromatic carbocycles. The number of thioether (sulfide) groups is 1. The SMILES string of the molecule is COC(=O)CCCCSCCC(NC(=O)OC)P(=O)(OC)OC. The Hall–Kier alpha value is -0.760. The molecule has 0 radical (unpaired) electrons. The monoisotopic (exact) mass is 371 g/mol. The first-order valence-corrected chi connectivity index (χ1v) is 9.90. The van der Waals surface area contributed by atoms with Crippen LogP contribution in [0, 0.1) is 0 Å². The number of esters is 1. The number of carbonyl (C=O) groups is 2. The van der Waals surface area contributed by atoms with Crippen molar-refractivity contribution in [3.05, 3.63) is 0 Å². The molecule has 8 nitrogen and oxygen atoms in total. The van der Waals surface area contributed by atoms with E-state index in [1.54, 1.807) is 11.8 Å². The standard InChI is InChI=1S/C13H26NO7PS/c1-18-12(15)7-5-6-9-23-10-8-11(14-13(16)19-2)22(17,20-3)21-4/h11H,5-10H2,1-4H3,(H,14,16). The Balaban J connectivity index is 4.18. The molecule has 0 aromatic rings. The van der Waals surface area contributed by atoms with Crippen LogP contribution < -0.4 is 5.32 Å². The van der Waals surface area contributed by atoms with E-state index >= 15 is 0 Å². The van der Waals surface area contributed by atoms with Crippen molar-refractivity contribution in [3.63, 3.8) is 0 Å². The molecule has 1 amide bonds. The summed E-state index contributed by atoms with van der Waals surface area (Å²) in [5, 5.41) is 2.48. The van der Waals surface area contributed by atoms with Crippen LogP contribution in [0.3, 0.4) is 0 Å². The van der Waals surface area contributed by atoms with Gasteiger partial charge in [-0.1, -0.05) is 0 Å². The van der Waals surface area contributed by atoms with E-state index in [4.69, 9.17) is 9.05 Å². The number of rotatable bonds is 12. The Bertz CT molecular complexity index is 400. The van der Waals surface area contributed by atoms with Gasteiger partial charge in [0.2, 0.25) is 0 Å². The quantitative estimate of drug-likeness (QED) is 0.317. The molecule has 0 aromatic heterocycles. The molecule has 0 saturated heterocycles. The number of carbonyl (C=O) groups excluding carboxylic acids is 2. The topological polar surface area (TPSA) is 100 Å². The summed E-state index contributed by atoms with van der Waals surface area (Å²) in [5.41, 5.74) is 0. The van der Waals surface area contributed by atoms with Crippen molar-refractivity contribution < 1.29 is 32.7 Å². The van der Waals surface area contributed by atoms with E-state index in [9.17, 15) is 14.2 Å². The van der Waals surface area contributed by atoms with Crippen LogP contribution in [0.4, 0.5) is 4.79 Å². The van der Waals surface area contributed by atoms with E-state index in [2.05, 4.69) is 14.8 Å². The third-order valence-electron chi connectivity index (χ3n) is 3.04. The molecule has 0 heterocycles. The summed E-state index contributed by atoms with van der Waals surface area (Å²) in [6.45, 7) is 0. The van der Waals surface area contributed by atoms with Crippen molar-refractivity contribution in [3.8, 4) is 0 Å². The maximum atomic E-state index is 12.4. The highest BCUT2D eigenvalue weighted by molar-refractivity contribution is 7.99. The number of hydrogen-bond acceptors (Lipinski definition) is 8. The van der Waals surface area contributed by atoms with Crippen molar-refractivity contribution in [1.29, 1.82) is 0 Å². The first-order chi connectivity index (χ1) is 10.9. The highest BCUT2D eigenvalue weighted by Gasteiger charge is 2.35. The second-order valence-electron chi connectivity index (χ2n) is 4.49. The van der Waals surface area contributed by atoms with E-state index in [1.807, 2.05) is 0 Å². The molecule has 0 aliphatic carbocycles. The number of alkyl carbamates (subject to hydrolysis) is 1. The minimum absolute atomic E-state index is 0.210. The van der Waals surface area contributed by atoms with Crippen molar-refractivity contribution >= 4 is 31.4 Å². The molecule has 1 atom stereocenters. The lowest BCUT2D eigenvalue weighted by Crippen LogP contribution is -2.35. The minimum Gasteiger partial charge on any atom is -0.469 e. The summed E-state index contributed by atoms with van der Waals surface area (Å²) < 4.78 is 31.4. The van der Waals surface area contributed by atoms with Gasteiger partial charge in [0.05, 0.1) is 14.2 Å². The first-order valence-electron chi connectivity index (χ1n) is 7.13. The zero-order valence-corrected chi connectivity index (χ0v) is 15.7. The van der Waals surface area contributed by atoms with E-state index in [0.29, 0.717) is 18.6 Å². The Kier molecular flexibility index (Phi) is 12.2. The van der Waals surface area contributed by atoms with Crippen molar-refractivity contribution in [2.45, 2.75) is 31.5 Å². The maximum absolute atomic E-state index is 12.4. The highest BCUT2D eigenvalue weighted by Crippen LogP contribution is 2.51. The molecule has 0 aliphatic rings. The summed E-state index contributed by atoms with van der Waals surface area (Å²) >= 11 is 1.64. The zero-order chi connectivity index (χ0) is 17.7. The smallest absolute Gasteiger partial charge is 0.407 e. The number of nitrogens with one attached hydrogen (secondary N) is 1. The molecule has 0 aliphatic heterocycles. The number of methoxy groups -OCH3 is 2. The van der Waals surface area contributed by atoms with Crippen LogP contribution >= 0.6 is 19.4 Å². The van der Waals surface area contributed by atoms with Gasteiger partial charge in [-0.15, -0.1) is 0 Å². The minimum atomic E-state index is -3.42. The fraction of sp³-hybridized carbons (Fsp3) is 0.846. The van der Waals surface area contributed by atoms with Crippen LogP contribution in [0.15, 0.2) is 0 Å². The van der Waals surface area contributed by atoms with Gasteiger partial charge in [0, 0.05) is 20.6 Å². The largest absolute Gasteiger partial charge is 0.469 e. The molecule has 0 saturated carbocycles. The predicted octanol–water partition coefficient (Wildman–Crippen LogP) is 2.62. The van der Waals surface area contributed by atoms with Crippen LogP contribution in [-0.4, -0.2) is 57.8 Å². The van der Waals surface area contributed by atoms with Gasteiger partial charge in [0.1, 0.15) is 5.78 Å². The Morgan fingerprint density at radius 3 is 2.22 bits per heavy atom. The number of ether oxygens (including phenoxy) is 2. The normalized spacial score (nSPS) is 12.5. The van der Waals surface area contributed by atoms with Crippen LogP contribution in [0.1, 0.15) is 25.7 Å². The van der Waals surface area contributed by atoms with Gasteiger partial charge in [-0.05, 0) is 30.8 Å². The zero-order valence-electron chi connectivity index (χ0n) is 14.0. The molecular weight excluding hydrogens is 345 g/mol. The molecule has 10 heteroatoms. The Morgan fingerprint density at radius 2 is 1.70 bits per heavy atom. The molecule has 0 spiro atoms. The fourth-order valence-corrected chi connectivity index (χ4v) is 4.26. The van der Waals surface area contributed by atoms with E-state index in [-0.39, 0.29) is 5.97 Å². The van der Waals surface area contributed by atoms with Gasteiger partial charge in [-0.3, -0.25) is 9.36 Å². The van der Waals surface area contributed by atoms with Gasteiger partial charge in [0.25, 0.3) is 0 Å². The van der Waals surface area contributed by atoms with Crippen LogP contribution in [0.2, 0.25) is 0 Å². The second-order valence-corrected chi connectivity index (χ2v) is 8.15.